The Balaban J connectivity index is 1.76. The van der Waals surface area contributed by atoms with Crippen LogP contribution in [0, 0.1) is 13.8 Å². The molecular weight excluding hydrogens is 304 g/mol. The number of anilines is 1. The van der Waals surface area contributed by atoms with E-state index in [4.69, 9.17) is 0 Å². The molecule has 6 heteroatoms. The summed E-state index contributed by atoms with van der Waals surface area (Å²) in [5.74, 6) is -1.08. The summed E-state index contributed by atoms with van der Waals surface area (Å²) < 4.78 is 26.4. The van der Waals surface area contributed by atoms with E-state index in [1.807, 2.05) is 19.9 Å². The number of hydrogen-bond acceptors (Lipinski definition) is 4. The lowest BCUT2D eigenvalue weighted by Gasteiger charge is -2.29. The van der Waals surface area contributed by atoms with Gasteiger partial charge in [0.15, 0.2) is 5.82 Å². The van der Waals surface area contributed by atoms with Gasteiger partial charge in [0, 0.05) is 30.6 Å². The summed E-state index contributed by atoms with van der Waals surface area (Å²) in [6.45, 7) is 3.96. The maximum Gasteiger partial charge on any atom is 0.248 e. The molecule has 22 heavy (non-hydrogen) atoms. The molecule has 0 radical (unpaired) electrons. The van der Waals surface area contributed by atoms with Gasteiger partial charge in [-0.25, -0.2) is 18.7 Å². The van der Waals surface area contributed by atoms with E-state index >= 15 is 0 Å². The standard InChI is InChI=1S/C16H19F2N3S/c1-10-7-13(22-9-10)15-19-11(2)8-14(21-15)20-12-3-5-16(17,18)6-4-12/h7-9,12H,3-6H2,1-2H3,(H,19,20,21). The fraction of sp³-hybridized carbons (Fsp3) is 0.500. The van der Waals surface area contributed by atoms with Crippen molar-refractivity contribution in [1.29, 1.82) is 0 Å². The molecule has 3 rings (SSSR count). The smallest absolute Gasteiger partial charge is 0.248 e. The van der Waals surface area contributed by atoms with Crippen molar-refractivity contribution in [2.24, 2.45) is 0 Å². The van der Waals surface area contributed by atoms with Crippen molar-refractivity contribution in [1.82, 2.24) is 9.97 Å². The molecule has 0 bridgehead atoms. The van der Waals surface area contributed by atoms with E-state index in [1.165, 1.54) is 5.56 Å². The predicted octanol–water partition coefficient (Wildman–Crippen LogP) is 4.81. The number of halogens is 2. The third kappa shape index (κ3) is 3.61. The van der Waals surface area contributed by atoms with Gasteiger partial charge < -0.3 is 5.32 Å². The van der Waals surface area contributed by atoms with E-state index in [9.17, 15) is 8.78 Å². The van der Waals surface area contributed by atoms with Crippen molar-refractivity contribution in [3.8, 4) is 10.7 Å². The minimum Gasteiger partial charge on any atom is -0.367 e. The molecule has 0 atom stereocenters. The molecular formula is C16H19F2N3S. The molecule has 2 aromatic rings. The van der Waals surface area contributed by atoms with Crippen molar-refractivity contribution in [2.45, 2.75) is 51.5 Å². The fourth-order valence-corrected chi connectivity index (χ4v) is 3.53. The van der Waals surface area contributed by atoms with Gasteiger partial charge in [-0.2, -0.15) is 0 Å². The second-order valence-corrected chi connectivity index (χ2v) is 6.89. The zero-order valence-corrected chi connectivity index (χ0v) is 13.5. The molecule has 1 N–H and O–H groups in total. The Morgan fingerprint density at radius 3 is 2.55 bits per heavy atom. The summed E-state index contributed by atoms with van der Waals surface area (Å²) in [5, 5.41) is 5.36. The molecule has 118 valence electrons. The zero-order chi connectivity index (χ0) is 15.7. The number of nitrogens with one attached hydrogen (secondary N) is 1. The van der Waals surface area contributed by atoms with Gasteiger partial charge in [-0.1, -0.05) is 0 Å². The van der Waals surface area contributed by atoms with Crippen LogP contribution in [0.1, 0.15) is 36.9 Å². The van der Waals surface area contributed by atoms with Crippen LogP contribution in [-0.2, 0) is 0 Å². The van der Waals surface area contributed by atoms with Crippen molar-refractivity contribution >= 4 is 17.2 Å². The van der Waals surface area contributed by atoms with Crippen LogP contribution in [0.15, 0.2) is 17.5 Å². The van der Waals surface area contributed by atoms with Gasteiger partial charge in [0.05, 0.1) is 4.88 Å². The molecule has 0 spiro atoms. The highest BCUT2D eigenvalue weighted by Gasteiger charge is 2.34. The average molecular weight is 323 g/mol. The summed E-state index contributed by atoms with van der Waals surface area (Å²) in [6.07, 6.45) is 0.852. The minimum absolute atomic E-state index is 0.0499. The van der Waals surface area contributed by atoms with Gasteiger partial charge in [-0.05, 0) is 43.7 Å². The first-order valence-electron chi connectivity index (χ1n) is 7.47. The highest BCUT2D eigenvalue weighted by Crippen LogP contribution is 2.34. The molecule has 0 unspecified atom stereocenters. The Morgan fingerprint density at radius 2 is 1.91 bits per heavy atom. The number of thiophene rings is 1. The van der Waals surface area contributed by atoms with Crippen LogP contribution in [0.25, 0.3) is 10.7 Å². The highest BCUT2D eigenvalue weighted by atomic mass is 32.1. The SMILES string of the molecule is Cc1csc(-c2nc(C)cc(NC3CCC(F)(F)CC3)n2)c1. The molecule has 3 nitrogen and oxygen atoms in total. The molecule has 1 saturated carbocycles. The van der Waals surface area contributed by atoms with Gasteiger partial charge in [0.25, 0.3) is 0 Å². The van der Waals surface area contributed by atoms with Crippen LogP contribution in [0.5, 0.6) is 0 Å². The molecule has 2 heterocycles. The summed E-state index contributed by atoms with van der Waals surface area (Å²) in [7, 11) is 0. The van der Waals surface area contributed by atoms with E-state index in [1.54, 1.807) is 11.3 Å². The highest BCUT2D eigenvalue weighted by molar-refractivity contribution is 7.13. The first-order chi connectivity index (χ1) is 10.4. The van der Waals surface area contributed by atoms with Crippen LogP contribution >= 0.6 is 11.3 Å². The lowest BCUT2D eigenvalue weighted by molar-refractivity contribution is -0.0361. The van der Waals surface area contributed by atoms with E-state index in [2.05, 4.69) is 26.7 Å². The summed E-state index contributed by atoms with van der Waals surface area (Å²) in [4.78, 5) is 10.0. The van der Waals surface area contributed by atoms with Crippen LogP contribution in [-0.4, -0.2) is 21.9 Å². The maximum absolute atomic E-state index is 13.2. The van der Waals surface area contributed by atoms with Crippen molar-refractivity contribution in [3.63, 3.8) is 0 Å². The number of aromatic nitrogens is 2. The zero-order valence-electron chi connectivity index (χ0n) is 12.7. The summed E-state index contributed by atoms with van der Waals surface area (Å²) in [5.41, 5.74) is 2.06. The van der Waals surface area contributed by atoms with Crippen LogP contribution in [0.4, 0.5) is 14.6 Å². The molecule has 0 amide bonds. The number of hydrogen-bond donors (Lipinski definition) is 1. The van der Waals surface area contributed by atoms with E-state index < -0.39 is 5.92 Å². The Labute approximate surface area is 132 Å². The van der Waals surface area contributed by atoms with Crippen LogP contribution < -0.4 is 5.32 Å². The first-order valence-corrected chi connectivity index (χ1v) is 8.35. The third-order valence-corrected chi connectivity index (χ3v) is 4.92. The van der Waals surface area contributed by atoms with Crippen molar-refractivity contribution in [3.05, 3.63) is 28.8 Å². The quantitative estimate of drug-likeness (QED) is 0.880. The largest absolute Gasteiger partial charge is 0.367 e. The number of alkyl halides is 2. The molecule has 1 aliphatic carbocycles. The van der Waals surface area contributed by atoms with Gasteiger partial charge in [0.2, 0.25) is 5.92 Å². The Hall–Kier alpha value is -1.56. The van der Waals surface area contributed by atoms with Crippen molar-refractivity contribution in [2.75, 3.05) is 5.32 Å². The lowest BCUT2D eigenvalue weighted by Crippen LogP contribution is -2.32. The molecule has 2 aromatic heterocycles. The van der Waals surface area contributed by atoms with E-state index in [0.717, 1.165) is 16.4 Å². The lowest BCUT2D eigenvalue weighted by atomic mass is 9.92. The second-order valence-electron chi connectivity index (χ2n) is 5.98. The molecule has 1 fully saturated rings. The maximum atomic E-state index is 13.2. The number of aryl methyl sites for hydroxylation is 2. The molecule has 0 saturated heterocycles. The Kier molecular flexibility index (Phi) is 4.12. The van der Waals surface area contributed by atoms with Gasteiger partial charge in [0.1, 0.15) is 5.82 Å². The minimum atomic E-state index is -2.50. The fourth-order valence-electron chi connectivity index (χ4n) is 2.69. The first kappa shape index (κ1) is 15.3. The average Bonchev–Trinajstić information content (AvgIpc) is 2.87. The topological polar surface area (TPSA) is 37.8 Å². The summed E-state index contributed by atoms with van der Waals surface area (Å²) >= 11 is 1.61. The Morgan fingerprint density at radius 1 is 1.18 bits per heavy atom. The molecule has 0 aliphatic heterocycles. The predicted molar refractivity (Wildman–Crippen MR) is 85.6 cm³/mol. The van der Waals surface area contributed by atoms with E-state index in [0.29, 0.717) is 18.7 Å². The summed E-state index contributed by atoms with van der Waals surface area (Å²) in [6, 6.07) is 3.99. The second kappa shape index (κ2) is 5.91. The van der Waals surface area contributed by atoms with Gasteiger partial charge in [-0.15, -0.1) is 11.3 Å². The van der Waals surface area contributed by atoms with Crippen LogP contribution in [0.3, 0.4) is 0 Å². The number of rotatable bonds is 3. The molecule has 1 aliphatic rings. The number of nitrogens with zero attached hydrogens (tertiary/aromatic N) is 2. The third-order valence-electron chi connectivity index (χ3n) is 3.87. The van der Waals surface area contributed by atoms with E-state index in [-0.39, 0.29) is 18.9 Å². The van der Waals surface area contributed by atoms with Crippen LogP contribution in [0.2, 0.25) is 0 Å². The molecule has 0 aromatic carbocycles. The van der Waals surface area contributed by atoms with Gasteiger partial charge in [-0.3, -0.25) is 0 Å². The van der Waals surface area contributed by atoms with Gasteiger partial charge >= 0.3 is 0 Å². The monoisotopic (exact) mass is 323 g/mol. The normalized spacial score (nSPS) is 18.4. The van der Waals surface area contributed by atoms with Crippen molar-refractivity contribution < 1.29 is 8.78 Å². The Bertz CT molecular complexity index is 659.